The molecule has 2 aliphatic heterocycles. The van der Waals surface area contributed by atoms with Gasteiger partial charge in [0.15, 0.2) is 0 Å². The molecule has 0 saturated carbocycles. The molecular formula is C40H30N2. The Balaban J connectivity index is 1.44. The lowest BCUT2D eigenvalue weighted by molar-refractivity contribution is 0.950. The molecule has 0 fully saturated rings. The van der Waals surface area contributed by atoms with Crippen LogP contribution in [-0.2, 0) is 0 Å². The molecule has 0 saturated heterocycles. The number of hydrogen-bond acceptors (Lipinski definition) is 2. The Morgan fingerprint density at radius 3 is 1.07 bits per heavy atom. The quantitative estimate of drug-likeness (QED) is 0.216. The van der Waals surface area contributed by atoms with Gasteiger partial charge < -0.3 is 9.80 Å². The molecule has 200 valence electrons. The first-order valence-electron chi connectivity index (χ1n) is 14.8. The Hall–Kier alpha value is -5.08. The van der Waals surface area contributed by atoms with Gasteiger partial charge in [-0.25, -0.2) is 0 Å². The molecular weight excluding hydrogens is 508 g/mol. The summed E-state index contributed by atoms with van der Waals surface area (Å²) in [6.45, 7) is 0. The van der Waals surface area contributed by atoms with Crippen LogP contribution in [0.15, 0.2) is 133 Å². The predicted molar refractivity (Wildman–Crippen MR) is 176 cm³/mol. The van der Waals surface area contributed by atoms with Crippen LogP contribution in [0.3, 0.4) is 0 Å². The molecule has 6 aromatic rings. The summed E-state index contributed by atoms with van der Waals surface area (Å²) in [6.07, 6.45) is 0. The van der Waals surface area contributed by atoms with Gasteiger partial charge in [-0.05, 0) is 79.6 Å². The third kappa shape index (κ3) is 3.04. The van der Waals surface area contributed by atoms with E-state index in [-0.39, 0.29) is 11.8 Å². The number of rotatable bonds is 2. The smallest absolute Gasteiger partial charge is 0.0450 e. The number of benzene rings is 6. The van der Waals surface area contributed by atoms with E-state index in [0.29, 0.717) is 0 Å². The molecule has 0 atom stereocenters. The van der Waals surface area contributed by atoms with Crippen molar-refractivity contribution in [2.45, 2.75) is 11.8 Å². The summed E-state index contributed by atoms with van der Waals surface area (Å²) in [7, 11) is 4.41. The van der Waals surface area contributed by atoms with Gasteiger partial charge in [0.05, 0.1) is 0 Å². The van der Waals surface area contributed by atoms with E-state index in [4.69, 9.17) is 0 Å². The number of nitrogens with zero attached hydrogens (tertiary/aromatic N) is 2. The van der Waals surface area contributed by atoms with Crippen molar-refractivity contribution in [3.63, 3.8) is 0 Å². The number of fused-ring (bicyclic) bond motifs is 4. The van der Waals surface area contributed by atoms with Crippen LogP contribution in [0.25, 0.3) is 21.9 Å². The van der Waals surface area contributed by atoms with Gasteiger partial charge in [-0.2, -0.15) is 0 Å². The van der Waals surface area contributed by atoms with Crippen molar-refractivity contribution in [3.05, 3.63) is 167 Å². The standard InChI is InChI=1S/C40H30N2/c1-41-32-21-7-3-15-26(32)37(27-16-4-8-22-33(27)41)39-30-19-11-13-25-14-12-20-31(36(25)30)40(39)38-28-17-5-9-23-34(28)42(2)35-24-10-6-18-29(35)38/h3-24,37-38H,1-2H3. The lowest BCUT2D eigenvalue weighted by Gasteiger charge is -2.39. The Morgan fingerprint density at radius 1 is 0.381 bits per heavy atom. The third-order valence-corrected chi connectivity index (χ3v) is 9.79. The molecule has 6 aromatic carbocycles. The van der Waals surface area contributed by atoms with Crippen molar-refractivity contribution in [1.29, 1.82) is 0 Å². The van der Waals surface area contributed by atoms with Crippen LogP contribution in [0.1, 0.15) is 45.2 Å². The van der Waals surface area contributed by atoms with Crippen molar-refractivity contribution < 1.29 is 0 Å². The number of hydrogen-bond donors (Lipinski definition) is 0. The van der Waals surface area contributed by atoms with Gasteiger partial charge >= 0.3 is 0 Å². The van der Waals surface area contributed by atoms with Crippen LogP contribution in [0.2, 0.25) is 0 Å². The van der Waals surface area contributed by atoms with Crippen LogP contribution in [-0.4, -0.2) is 14.1 Å². The number of allylic oxidation sites excluding steroid dienone is 2. The molecule has 0 unspecified atom stereocenters. The first-order valence-corrected chi connectivity index (χ1v) is 14.8. The molecule has 0 radical (unpaired) electrons. The van der Waals surface area contributed by atoms with Gasteiger partial charge in [0.1, 0.15) is 0 Å². The minimum absolute atomic E-state index is 0.112. The zero-order valence-corrected chi connectivity index (χ0v) is 23.8. The minimum atomic E-state index is 0.112. The van der Waals surface area contributed by atoms with Crippen LogP contribution in [0.4, 0.5) is 22.7 Å². The van der Waals surface area contributed by atoms with E-state index in [9.17, 15) is 0 Å². The van der Waals surface area contributed by atoms with E-state index in [2.05, 4.69) is 157 Å². The fraction of sp³-hybridized carbons (Fsp3) is 0.100. The average Bonchev–Trinajstić information content (AvgIpc) is 3.37. The van der Waals surface area contributed by atoms with Crippen molar-refractivity contribution in [1.82, 2.24) is 0 Å². The topological polar surface area (TPSA) is 6.48 Å². The molecule has 9 rings (SSSR count). The molecule has 42 heavy (non-hydrogen) atoms. The molecule has 0 bridgehead atoms. The molecule has 0 N–H and O–H groups in total. The van der Waals surface area contributed by atoms with E-state index in [1.807, 2.05) is 0 Å². The molecule has 3 aliphatic rings. The first-order chi connectivity index (χ1) is 20.7. The van der Waals surface area contributed by atoms with Crippen molar-refractivity contribution in [2.75, 3.05) is 23.9 Å². The molecule has 2 heteroatoms. The monoisotopic (exact) mass is 538 g/mol. The average molecular weight is 539 g/mol. The van der Waals surface area contributed by atoms with Crippen molar-refractivity contribution in [2.24, 2.45) is 0 Å². The van der Waals surface area contributed by atoms with E-state index in [1.54, 1.807) is 0 Å². The second-order valence-electron chi connectivity index (χ2n) is 11.8. The van der Waals surface area contributed by atoms with E-state index in [0.717, 1.165) is 0 Å². The predicted octanol–water partition coefficient (Wildman–Crippen LogP) is 9.89. The second kappa shape index (κ2) is 8.71. The summed E-state index contributed by atoms with van der Waals surface area (Å²) in [5.74, 6) is 0.223. The highest BCUT2D eigenvalue weighted by Crippen LogP contribution is 2.61. The lowest BCUT2D eigenvalue weighted by Crippen LogP contribution is -2.24. The highest BCUT2D eigenvalue weighted by molar-refractivity contribution is 6.18. The fourth-order valence-electron chi connectivity index (χ4n) is 8.07. The molecule has 0 spiro atoms. The third-order valence-electron chi connectivity index (χ3n) is 9.79. The van der Waals surface area contributed by atoms with Gasteiger partial charge in [0, 0.05) is 48.7 Å². The first kappa shape index (κ1) is 23.6. The summed E-state index contributed by atoms with van der Waals surface area (Å²) in [4.78, 5) is 4.73. The van der Waals surface area contributed by atoms with E-state index < -0.39 is 0 Å². The van der Waals surface area contributed by atoms with Crippen molar-refractivity contribution >= 4 is 44.7 Å². The van der Waals surface area contributed by atoms with Gasteiger partial charge in [0.2, 0.25) is 0 Å². The van der Waals surface area contributed by atoms with Crippen LogP contribution in [0, 0.1) is 0 Å². The number of para-hydroxylation sites is 4. The molecule has 2 nitrogen and oxygen atoms in total. The molecule has 0 aromatic heterocycles. The summed E-state index contributed by atoms with van der Waals surface area (Å²) in [6, 6.07) is 49.8. The maximum Gasteiger partial charge on any atom is 0.0450 e. The zero-order chi connectivity index (χ0) is 27.9. The Morgan fingerprint density at radius 2 is 0.714 bits per heavy atom. The van der Waals surface area contributed by atoms with E-state index in [1.165, 1.54) is 78.0 Å². The fourth-order valence-corrected chi connectivity index (χ4v) is 8.07. The SMILES string of the molecule is CN1c2ccccc2C(C2=C(C3c4ccccc4N(C)c4ccccc43)c3cccc4cccc2c34)c2ccccc21. The van der Waals surface area contributed by atoms with Gasteiger partial charge in [-0.3, -0.25) is 0 Å². The maximum atomic E-state index is 2.37. The van der Waals surface area contributed by atoms with E-state index >= 15 is 0 Å². The van der Waals surface area contributed by atoms with Crippen LogP contribution < -0.4 is 9.80 Å². The zero-order valence-electron chi connectivity index (χ0n) is 23.8. The lowest BCUT2D eigenvalue weighted by atomic mass is 9.72. The van der Waals surface area contributed by atoms with Gasteiger partial charge in [0.25, 0.3) is 0 Å². The van der Waals surface area contributed by atoms with Crippen LogP contribution in [0.5, 0.6) is 0 Å². The Labute approximate surface area is 246 Å². The maximum absolute atomic E-state index is 2.37. The normalized spacial score (nSPS) is 15.5. The Bertz CT molecular complexity index is 1860. The molecule has 1 aliphatic carbocycles. The largest absolute Gasteiger partial charge is 0.344 e. The van der Waals surface area contributed by atoms with Gasteiger partial charge in [-0.1, -0.05) is 109 Å². The molecule has 2 heterocycles. The van der Waals surface area contributed by atoms with Gasteiger partial charge in [-0.15, -0.1) is 0 Å². The second-order valence-corrected chi connectivity index (χ2v) is 11.8. The summed E-state index contributed by atoms with van der Waals surface area (Å²) in [5.41, 5.74) is 16.2. The highest BCUT2D eigenvalue weighted by atomic mass is 15.1. The van der Waals surface area contributed by atoms with Crippen LogP contribution >= 0.6 is 0 Å². The highest BCUT2D eigenvalue weighted by Gasteiger charge is 2.41. The van der Waals surface area contributed by atoms with Crippen molar-refractivity contribution in [3.8, 4) is 0 Å². The number of anilines is 4. The Kier molecular flexibility index (Phi) is 4.90. The minimum Gasteiger partial charge on any atom is -0.344 e. The summed E-state index contributed by atoms with van der Waals surface area (Å²) >= 11 is 0. The summed E-state index contributed by atoms with van der Waals surface area (Å²) < 4.78 is 0. The summed E-state index contributed by atoms with van der Waals surface area (Å²) in [5, 5.41) is 2.69. The molecule has 0 amide bonds.